The van der Waals surface area contributed by atoms with Crippen molar-refractivity contribution in [1.82, 2.24) is 0 Å². The van der Waals surface area contributed by atoms with Crippen molar-refractivity contribution in [3.8, 4) is 5.75 Å². The second kappa shape index (κ2) is 5.85. The number of rotatable bonds is 3. The smallest absolute Gasteiger partial charge is 0.118 e. The van der Waals surface area contributed by atoms with Gasteiger partial charge in [0.05, 0.1) is 13.7 Å². The van der Waals surface area contributed by atoms with Crippen LogP contribution in [0.3, 0.4) is 0 Å². The molecule has 1 saturated heterocycles. The Morgan fingerprint density at radius 3 is 2.21 bits per heavy atom. The van der Waals surface area contributed by atoms with Crippen LogP contribution in [-0.4, -0.2) is 58.6 Å². The summed E-state index contributed by atoms with van der Waals surface area (Å²) in [5.74, 6) is 0.661. The Kier molecular flexibility index (Phi) is 4.38. The molecule has 0 bridgehead atoms. The SMILES string of the molecule is COc1ccc([C@@H]2O[C@H](CO)[C@H](O)[C@H](O)[C@H]2O)cc1. The molecule has 4 N–H and O–H groups in total. The molecule has 5 atom stereocenters. The Morgan fingerprint density at radius 2 is 1.68 bits per heavy atom. The lowest BCUT2D eigenvalue weighted by molar-refractivity contribution is -0.231. The third-order valence-electron chi connectivity index (χ3n) is 3.34. The largest absolute Gasteiger partial charge is 0.497 e. The first-order valence-electron chi connectivity index (χ1n) is 6.03. The molecule has 6 heteroatoms. The molecular weight excluding hydrogens is 252 g/mol. The molecule has 1 aromatic carbocycles. The Labute approximate surface area is 110 Å². The van der Waals surface area contributed by atoms with E-state index in [1.807, 2.05) is 0 Å². The fraction of sp³-hybridized carbons (Fsp3) is 0.538. The minimum absolute atomic E-state index is 0.433. The summed E-state index contributed by atoms with van der Waals surface area (Å²) in [7, 11) is 1.54. The van der Waals surface area contributed by atoms with E-state index in [2.05, 4.69) is 0 Å². The second-order valence-corrected chi connectivity index (χ2v) is 4.52. The summed E-state index contributed by atoms with van der Waals surface area (Å²) in [5, 5.41) is 38.5. The monoisotopic (exact) mass is 270 g/mol. The summed E-state index contributed by atoms with van der Waals surface area (Å²) < 4.78 is 10.5. The lowest BCUT2D eigenvalue weighted by Gasteiger charge is -2.40. The summed E-state index contributed by atoms with van der Waals surface area (Å²) in [6.07, 6.45) is -5.66. The van der Waals surface area contributed by atoms with Crippen LogP contribution in [0.25, 0.3) is 0 Å². The van der Waals surface area contributed by atoms with Crippen molar-refractivity contribution in [3.63, 3.8) is 0 Å². The number of aliphatic hydroxyl groups is 4. The fourth-order valence-electron chi connectivity index (χ4n) is 2.17. The van der Waals surface area contributed by atoms with E-state index < -0.39 is 37.1 Å². The van der Waals surface area contributed by atoms with E-state index in [1.165, 1.54) is 0 Å². The van der Waals surface area contributed by atoms with Gasteiger partial charge in [0.25, 0.3) is 0 Å². The van der Waals surface area contributed by atoms with Gasteiger partial charge in [0, 0.05) is 0 Å². The van der Waals surface area contributed by atoms with Gasteiger partial charge in [0.2, 0.25) is 0 Å². The van der Waals surface area contributed by atoms with Crippen LogP contribution in [-0.2, 0) is 4.74 Å². The first kappa shape index (κ1) is 14.2. The molecule has 0 amide bonds. The summed E-state index contributed by atoms with van der Waals surface area (Å²) in [6, 6.07) is 6.81. The summed E-state index contributed by atoms with van der Waals surface area (Å²) >= 11 is 0. The van der Waals surface area contributed by atoms with Crippen molar-refractivity contribution in [1.29, 1.82) is 0 Å². The van der Waals surface area contributed by atoms with Gasteiger partial charge >= 0.3 is 0 Å². The van der Waals surface area contributed by atoms with Crippen LogP contribution < -0.4 is 4.74 Å². The maximum atomic E-state index is 9.95. The molecule has 0 unspecified atom stereocenters. The van der Waals surface area contributed by atoms with E-state index in [0.717, 1.165) is 0 Å². The van der Waals surface area contributed by atoms with Gasteiger partial charge in [0.15, 0.2) is 0 Å². The van der Waals surface area contributed by atoms with Gasteiger partial charge < -0.3 is 29.9 Å². The molecule has 0 saturated carbocycles. The Hall–Kier alpha value is -1.18. The third kappa shape index (κ3) is 2.72. The zero-order chi connectivity index (χ0) is 14.0. The lowest BCUT2D eigenvalue weighted by atomic mass is 9.91. The van der Waals surface area contributed by atoms with Crippen LogP contribution in [0.2, 0.25) is 0 Å². The number of ether oxygens (including phenoxy) is 2. The van der Waals surface area contributed by atoms with Crippen LogP contribution in [0.15, 0.2) is 24.3 Å². The number of hydrogen-bond donors (Lipinski definition) is 4. The van der Waals surface area contributed by atoms with Crippen LogP contribution in [0.4, 0.5) is 0 Å². The average molecular weight is 270 g/mol. The summed E-state index contributed by atoms with van der Waals surface area (Å²) in [4.78, 5) is 0. The number of benzene rings is 1. The van der Waals surface area contributed by atoms with Crippen molar-refractivity contribution < 1.29 is 29.9 Å². The highest BCUT2D eigenvalue weighted by Gasteiger charge is 2.43. The molecule has 106 valence electrons. The topological polar surface area (TPSA) is 99.4 Å². The molecular formula is C13H18O6. The third-order valence-corrected chi connectivity index (χ3v) is 3.34. The summed E-state index contributed by atoms with van der Waals surface area (Å²) in [5.41, 5.74) is 0.637. The Balaban J connectivity index is 2.21. The quantitative estimate of drug-likeness (QED) is 0.574. The molecule has 1 heterocycles. The van der Waals surface area contributed by atoms with Crippen LogP contribution in [0, 0.1) is 0 Å². The van der Waals surface area contributed by atoms with Gasteiger partial charge in [-0.25, -0.2) is 0 Å². The number of methoxy groups -OCH3 is 1. The fourth-order valence-corrected chi connectivity index (χ4v) is 2.17. The molecule has 1 fully saturated rings. The van der Waals surface area contributed by atoms with E-state index >= 15 is 0 Å². The number of hydrogen-bond acceptors (Lipinski definition) is 6. The highest BCUT2D eigenvalue weighted by Crippen LogP contribution is 2.32. The lowest BCUT2D eigenvalue weighted by Crippen LogP contribution is -2.55. The molecule has 1 aliphatic rings. The van der Waals surface area contributed by atoms with Crippen molar-refractivity contribution in [3.05, 3.63) is 29.8 Å². The van der Waals surface area contributed by atoms with Gasteiger partial charge in [-0.05, 0) is 17.7 Å². The molecule has 0 aliphatic carbocycles. The first-order chi connectivity index (χ1) is 9.08. The average Bonchev–Trinajstić information content (AvgIpc) is 2.45. The van der Waals surface area contributed by atoms with E-state index in [9.17, 15) is 15.3 Å². The number of aliphatic hydroxyl groups excluding tert-OH is 4. The van der Waals surface area contributed by atoms with E-state index in [4.69, 9.17) is 14.6 Å². The molecule has 19 heavy (non-hydrogen) atoms. The molecule has 1 aliphatic heterocycles. The van der Waals surface area contributed by atoms with E-state index in [-0.39, 0.29) is 0 Å². The zero-order valence-electron chi connectivity index (χ0n) is 10.5. The van der Waals surface area contributed by atoms with E-state index in [1.54, 1.807) is 31.4 Å². The highest BCUT2D eigenvalue weighted by molar-refractivity contribution is 5.29. The predicted octanol–water partition coefficient (Wildman–Crippen LogP) is -0.790. The van der Waals surface area contributed by atoms with Gasteiger partial charge in [-0.1, -0.05) is 12.1 Å². The van der Waals surface area contributed by atoms with Gasteiger partial charge in [-0.2, -0.15) is 0 Å². The Morgan fingerprint density at radius 1 is 1.05 bits per heavy atom. The molecule has 1 aromatic rings. The first-order valence-corrected chi connectivity index (χ1v) is 6.03. The van der Waals surface area contributed by atoms with Crippen molar-refractivity contribution in [2.75, 3.05) is 13.7 Å². The normalized spacial score (nSPS) is 35.1. The summed E-state index contributed by atoms with van der Waals surface area (Å²) in [6.45, 7) is -0.433. The maximum absolute atomic E-state index is 9.95. The highest BCUT2D eigenvalue weighted by atomic mass is 16.5. The van der Waals surface area contributed by atoms with Crippen molar-refractivity contribution >= 4 is 0 Å². The second-order valence-electron chi connectivity index (χ2n) is 4.52. The standard InChI is InChI=1S/C13H18O6/c1-18-8-4-2-7(3-5-8)13-12(17)11(16)10(15)9(6-14)19-13/h2-5,9-17H,6H2,1H3/t9-,10+,11+,12-,13+/m1/s1. The molecule has 0 radical (unpaired) electrons. The molecule has 2 rings (SSSR count). The Bertz CT molecular complexity index is 404. The van der Waals surface area contributed by atoms with Gasteiger partial charge in [0.1, 0.15) is 36.3 Å². The minimum Gasteiger partial charge on any atom is -0.497 e. The van der Waals surface area contributed by atoms with Gasteiger partial charge in [-0.3, -0.25) is 0 Å². The van der Waals surface area contributed by atoms with Crippen LogP contribution >= 0.6 is 0 Å². The van der Waals surface area contributed by atoms with Crippen molar-refractivity contribution in [2.45, 2.75) is 30.5 Å². The maximum Gasteiger partial charge on any atom is 0.118 e. The molecule has 0 aromatic heterocycles. The van der Waals surface area contributed by atoms with Crippen molar-refractivity contribution in [2.24, 2.45) is 0 Å². The molecule has 0 spiro atoms. The van der Waals surface area contributed by atoms with Gasteiger partial charge in [-0.15, -0.1) is 0 Å². The minimum atomic E-state index is -1.36. The predicted molar refractivity (Wildman–Crippen MR) is 65.7 cm³/mol. The molecule has 6 nitrogen and oxygen atoms in total. The zero-order valence-corrected chi connectivity index (χ0v) is 10.5. The van der Waals surface area contributed by atoms with Crippen LogP contribution in [0.1, 0.15) is 11.7 Å². The van der Waals surface area contributed by atoms with Crippen LogP contribution in [0.5, 0.6) is 5.75 Å². The van der Waals surface area contributed by atoms with E-state index in [0.29, 0.717) is 11.3 Å².